The van der Waals surface area contributed by atoms with Gasteiger partial charge in [0.25, 0.3) is 0 Å². The molecule has 0 aromatic heterocycles. The zero-order valence-corrected chi connectivity index (χ0v) is 41.6. The maximum absolute atomic E-state index is 2.38. The summed E-state index contributed by atoms with van der Waals surface area (Å²) in [5.41, 5.74) is 28.4. The van der Waals surface area contributed by atoms with Crippen molar-refractivity contribution in [3.8, 4) is 44.5 Å². The second kappa shape index (κ2) is 17.8. The molecular weight excluding hydrogens is 865 g/mol. The Morgan fingerprint density at radius 3 is 1.03 bits per heavy atom. The van der Waals surface area contributed by atoms with E-state index in [4.69, 9.17) is 0 Å². The van der Waals surface area contributed by atoms with Crippen LogP contribution in [0.3, 0.4) is 0 Å². The summed E-state index contributed by atoms with van der Waals surface area (Å²) in [5.74, 6) is 0. The molecule has 12 aromatic rings. The first-order chi connectivity index (χ1) is 35.3. The van der Waals surface area contributed by atoms with Gasteiger partial charge in [0.1, 0.15) is 0 Å². The molecule has 16 rings (SSSR count). The average Bonchev–Trinajstić information content (AvgIpc) is 4.16. The van der Waals surface area contributed by atoms with E-state index in [-0.39, 0.29) is 0 Å². The quantitative estimate of drug-likeness (QED) is 0.142. The summed E-state index contributed by atoms with van der Waals surface area (Å²) in [7, 11) is 0. The van der Waals surface area contributed by atoms with E-state index in [0.29, 0.717) is 0 Å². The maximum Gasteiger partial charge on any atom is -0.00132 e. The van der Waals surface area contributed by atoms with Crippen LogP contribution < -0.4 is 0 Å². The van der Waals surface area contributed by atoms with Crippen LogP contribution in [0.2, 0.25) is 0 Å². The van der Waals surface area contributed by atoms with Crippen LogP contribution in [0.5, 0.6) is 0 Å². The second-order valence-corrected chi connectivity index (χ2v) is 20.7. The summed E-state index contributed by atoms with van der Waals surface area (Å²) in [6.07, 6.45) is 4.32. The Kier molecular flexibility index (Phi) is 10.8. The van der Waals surface area contributed by atoms with E-state index >= 15 is 0 Å². The lowest BCUT2D eigenvalue weighted by Gasteiger charge is -2.06. The molecule has 0 saturated heterocycles. The minimum absolute atomic E-state index is 1.08. The van der Waals surface area contributed by atoms with E-state index < -0.39 is 0 Å². The van der Waals surface area contributed by atoms with Crippen LogP contribution >= 0.6 is 0 Å². The fourth-order valence-corrected chi connectivity index (χ4v) is 12.1. The van der Waals surface area contributed by atoms with Crippen molar-refractivity contribution in [2.24, 2.45) is 0 Å². The van der Waals surface area contributed by atoms with Crippen molar-refractivity contribution in [1.82, 2.24) is 0 Å². The van der Waals surface area contributed by atoms with Gasteiger partial charge in [-0.25, -0.2) is 0 Å². The Morgan fingerprint density at radius 1 is 0.208 bits per heavy atom. The van der Waals surface area contributed by atoms with Gasteiger partial charge in [-0.1, -0.05) is 199 Å². The van der Waals surface area contributed by atoms with Gasteiger partial charge < -0.3 is 0 Å². The minimum atomic E-state index is 1.08. The molecule has 344 valence electrons. The molecule has 4 aliphatic rings. The topological polar surface area (TPSA) is 0 Å². The standard InChI is InChI=1S/4C18H14/c1-12-5-4-7-14-10-18-15(11-17(12)14)9-13-6-2-3-8-16(13)18;1-12-5-4-7-14-10-15-9-13-6-2-3-8-16(13)18(15)11-17(12)14;1-12-6-7-13-11-18-16(10-15(13)8-12)9-14-4-2-3-5-17(14)18;1-12-6-7-13-9-16-10-14-4-2-3-5-17(14)18(16)11-15(13)8-12/h3*2-8,10-11H,9H2,1H3;2-9,11H,10H2,1H3. The molecule has 0 aliphatic heterocycles. The summed E-state index contributed by atoms with van der Waals surface area (Å²) in [4.78, 5) is 0. The third-order valence-electron chi connectivity index (χ3n) is 15.8. The zero-order valence-electron chi connectivity index (χ0n) is 41.6. The number of rotatable bonds is 0. The van der Waals surface area contributed by atoms with Crippen LogP contribution in [0.25, 0.3) is 87.6 Å². The monoisotopic (exact) mass is 920 g/mol. The summed E-state index contributed by atoms with van der Waals surface area (Å²) >= 11 is 0. The highest BCUT2D eigenvalue weighted by atomic mass is 14.3. The fraction of sp³-hybridized carbons (Fsp3) is 0.111. The van der Waals surface area contributed by atoms with E-state index in [0.717, 1.165) is 25.7 Å². The number of hydrogen-bond donors (Lipinski definition) is 0. The molecule has 0 nitrogen and oxygen atoms in total. The van der Waals surface area contributed by atoms with Crippen molar-refractivity contribution in [1.29, 1.82) is 0 Å². The van der Waals surface area contributed by atoms with Gasteiger partial charge in [-0.2, -0.15) is 0 Å². The van der Waals surface area contributed by atoms with Gasteiger partial charge in [0, 0.05) is 0 Å². The van der Waals surface area contributed by atoms with Crippen LogP contribution in [-0.2, 0) is 25.7 Å². The van der Waals surface area contributed by atoms with Crippen LogP contribution in [0.1, 0.15) is 66.8 Å². The first-order valence-corrected chi connectivity index (χ1v) is 25.7. The summed E-state index contributed by atoms with van der Waals surface area (Å²) in [5, 5.41) is 10.9. The van der Waals surface area contributed by atoms with Gasteiger partial charge in [0.15, 0.2) is 0 Å². The maximum atomic E-state index is 2.38. The van der Waals surface area contributed by atoms with E-state index in [1.807, 2.05) is 0 Å². The Morgan fingerprint density at radius 2 is 0.542 bits per heavy atom. The van der Waals surface area contributed by atoms with Gasteiger partial charge in [-0.15, -0.1) is 0 Å². The van der Waals surface area contributed by atoms with Crippen molar-refractivity contribution >= 4 is 43.1 Å². The van der Waals surface area contributed by atoms with Crippen molar-refractivity contribution in [3.63, 3.8) is 0 Å². The molecule has 72 heavy (non-hydrogen) atoms. The Labute approximate surface area is 423 Å². The molecule has 0 fully saturated rings. The molecule has 0 N–H and O–H groups in total. The normalized spacial score (nSPS) is 12.5. The second-order valence-electron chi connectivity index (χ2n) is 20.7. The average molecular weight is 921 g/mol. The SMILES string of the molecule is Cc1ccc2cc3c(cc2c1)-c1ccccc1C3.Cc1ccc2cc3c(cc2c1)Cc1ccccc1-3.Cc1cccc2cc3c(cc12)-c1ccccc1C3.Cc1cccc2cc3c(cc12)Cc1ccccc1-3. The summed E-state index contributed by atoms with van der Waals surface area (Å²) in [6, 6.07) is 80.3. The van der Waals surface area contributed by atoms with Gasteiger partial charge in [0.05, 0.1) is 0 Å². The minimum Gasteiger partial charge on any atom is -0.0619 e. The molecule has 0 amide bonds. The van der Waals surface area contributed by atoms with Crippen molar-refractivity contribution in [3.05, 3.63) is 285 Å². The number of hydrogen-bond acceptors (Lipinski definition) is 0. The predicted molar refractivity (Wildman–Crippen MR) is 308 cm³/mol. The van der Waals surface area contributed by atoms with Crippen LogP contribution in [0.4, 0.5) is 0 Å². The molecule has 0 radical (unpaired) electrons. The lowest BCUT2D eigenvalue weighted by Crippen LogP contribution is -1.84. The van der Waals surface area contributed by atoms with Gasteiger partial charge in [-0.3, -0.25) is 0 Å². The molecular formula is C72H56. The van der Waals surface area contributed by atoms with E-state index in [2.05, 4.69) is 246 Å². The number of aryl methyl sites for hydroxylation is 4. The van der Waals surface area contributed by atoms with Crippen LogP contribution in [0.15, 0.2) is 218 Å². The molecule has 0 atom stereocenters. The smallest absolute Gasteiger partial charge is 0.00132 e. The molecule has 0 heteroatoms. The Hall–Kier alpha value is -8.32. The molecule has 0 bridgehead atoms. The molecule has 0 heterocycles. The Bertz CT molecular complexity index is 4120. The van der Waals surface area contributed by atoms with Crippen molar-refractivity contribution in [2.75, 3.05) is 0 Å². The predicted octanol–water partition coefficient (Wildman–Crippen LogP) is 18.9. The summed E-state index contributed by atoms with van der Waals surface area (Å²) < 4.78 is 0. The van der Waals surface area contributed by atoms with Crippen LogP contribution in [-0.4, -0.2) is 0 Å². The first kappa shape index (κ1) is 43.7. The van der Waals surface area contributed by atoms with Gasteiger partial charge in [-0.05, 0) is 227 Å². The molecule has 0 saturated carbocycles. The summed E-state index contributed by atoms with van der Waals surface area (Å²) in [6.45, 7) is 8.69. The lowest BCUT2D eigenvalue weighted by atomic mass is 9.98. The third kappa shape index (κ3) is 7.89. The fourth-order valence-electron chi connectivity index (χ4n) is 12.1. The van der Waals surface area contributed by atoms with Crippen molar-refractivity contribution < 1.29 is 0 Å². The zero-order chi connectivity index (χ0) is 48.5. The molecule has 0 unspecified atom stereocenters. The number of fused-ring (bicyclic) bond motifs is 16. The first-order valence-electron chi connectivity index (χ1n) is 25.7. The highest BCUT2D eigenvalue weighted by Crippen LogP contribution is 2.43. The largest absolute Gasteiger partial charge is 0.0619 e. The highest BCUT2D eigenvalue weighted by molar-refractivity contribution is 5.96. The molecule has 12 aromatic carbocycles. The highest BCUT2D eigenvalue weighted by Gasteiger charge is 2.22. The number of benzene rings is 12. The molecule has 4 aliphatic carbocycles. The lowest BCUT2D eigenvalue weighted by molar-refractivity contribution is 1.27. The van der Waals surface area contributed by atoms with E-state index in [9.17, 15) is 0 Å². The van der Waals surface area contributed by atoms with Gasteiger partial charge in [0.2, 0.25) is 0 Å². The van der Waals surface area contributed by atoms with E-state index in [1.54, 1.807) is 0 Å². The Balaban J connectivity index is 0.0000000933. The third-order valence-corrected chi connectivity index (χ3v) is 15.8. The van der Waals surface area contributed by atoms with Crippen LogP contribution in [0, 0.1) is 27.7 Å². The molecule has 0 spiro atoms. The van der Waals surface area contributed by atoms with E-state index in [1.165, 1.54) is 154 Å². The van der Waals surface area contributed by atoms with Crippen molar-refractivity contribution in [2.45, 2.75) is 53.4 Å². The van der Waals surface area contributed by atoms with Gasteiger partial charge >= 0.3 is 0 Å².